The SMILES string of the molecule is NC(=O)c1ccc(C2CCCCC2)c2c3c([nH]c12)CC(C(=O)NC1CCOCC1)CC3. The summed E-state index contributed by atoms with van der Waals surface area (Å²) >= 11 is 0. The second-order valence-corrected chi connectivity index (χ2v) is 9.57. The molecule has 166 valence electrons. The molecule has 0 bridgehead atoms. The zero-order chi connectivity index (χ0) is 21.4. The molecular formula is C25H33N3O3. The number of ether oxygens (including phenoxy) is 1. The summed E-state index contributed by atoms with van der Waals surface area (Å²) in [6, 6.07) is 4.26. The van der Waals surface area contributed by atoms with Gasteiger partial charge in [0, 0.05) is 36.3 Å². The Kier molecular flexibility index (Phi) is 5.74. The van der Waals surface area contributed by atoms with Gasteiger partial charge in [0.05, 0.1) is 11.1 Å². The Balaban J connectivity index is 1.45. The van der Waals surface area contributed by atoms with Gasteiger partial charge >= 0.3 is 0 Å². The van der Waals surface area contributed by atoms with Crippen LogP contribution in [0.5, 0.6) is 0 Å². The minimum Gasteiger partial charge on any atom is -0.381 e. The second-order valence-electron chi connectivity index (χ2n) is 9.57. The zero-order valence-corrected chi connectivity index (χ0v) is 18.2. The molecular weight excluding hydrogens is 390 g/mol. The molecule has 6 nitrogen and oxygen atoms in total. The fourth-order valence-corrected chi connectivity index (χ4v) is 5.91. The Morgan fingerprint density at radius 1 is 1.03 bits per heavy atom. The van der Waals surface area contributed by atoms with E-state index in [1.54, 1.807) is 0 Å². The maximum Gasteiger partial charge on any atom is 0.250 e. The van der Waals surface area contributed by atoms with Gasteiger partial charge in [-0.05, 0) is 68.1 Å². The van der Waals surface area contributed by atoms with Crippen molar-refractivity contribution in [3.63, 3.8) is 0 Å². The normalized spacial score (nSPS) is 22.9. The highest BCUT2D eigenvalue weighted by Crippen LogP contribution is 2.41. The monoisotopic (exact) mass is 423 g/mol. The average Bonchev–Trinajstić information content (AvgIpc) is 3.18. The van der Waals surface area contributed by atoms with Crippen LogP contribution < -0.4 is 11.1 Å². The number of nitrogens with one attached hydrogen (secondary N) is 2. The van der Waals surface area contributed by atoms with Crippen LogP contribution in [0.2, 0.25) is 0 Å². The highest BCUT2D eigenvalue weighted by Gasteiger charge is 2.31. The topological polar surface area (TPSA) is 97.2 Å². The van der Waals surface area contributed by atoms with Crippen molar-refractivity contribution >= 4 is 22.7 Å². The van der Waals surface area contributed by atoms with E-state index in [1.807, 2.05) is 6.07 Å². The second kappa shape index (κ2) is 8.65. The Labute approximate surface area is 183 Å². The highest BCUT2D eigenvalue weighted by molar-refractivity contribution is 6.07. The number of rotatable bonds is 4. The van der Waals surface area contributed by atoms with Crippen molar-refractivity contribution in [1.82, 2.24) is 10.3 Å². The predicted octanol–water partition coefficient (Wildman–Crippen LogP) is 3.71. The predicted molar refractivity (Wildman–Crippen MR) is 120 cm³/mol. The van der Waals surface area contributed by atoms with E-state index in [4.69, 9.17) is 10.5 Å². The van der Waals surface area contributed by atoms with Crippen LogP contribution in [-0.2, 0) is 22.4 Å². The molecule has 4 N–H and O–H groups in total. The molecule has 2 aromatic rings. The third kappa shape index (κ3) is 3.98. The Morgan fingerprint density at radius 2 is 1.81 bits per heavy atom. The van der Waals surface area contributed by atoms with Crippen molar-refractivity contribution < 1.29 is 14.3 Å². The quantitative estimate of drug-likeness (QED) is 0.699. The van der Waals surface area contributed by atoms with Gasteiger partial charge in [-0.2, -0.15) is 0 Å². The number of aromatic nitrogens is 1. The van der Waals surface area contributed by atoms with Gasteiger partial charge in [0.25, 0.3) is 5.91 Å². The lowest BCUT2D eigenvalue weighted by Gasteiger charge is -2.28. The maximum atomic E-state index is 12.9. The summed E-state index contributed by atoms with van der Waals surface area (Å²) in [5.74, 6) is 0.276. The molecule has 31 heavy (non-hydrogen) atoms. The van der Waals surface area contributed by atoms with E-state index in [0.29, 0.717) is 17.9 Å². The number of carbonyl (C=O) groups excluding carboxylic acids is 2. The van der Waals surface area contributed by atoms with Crippen LogP contribution in [-0.4, -0.2) is 36.1 Å². The van der Waals surface area contributed by atoms with Gasteiger partial charge in [-0.25, -0.2) is 0 Å². The van der Waals surface area contributed by atoms with Crippen molar-refractivity contribution in [3.8, 4) is 0 Å². The van der Waals surface area contributed by atoms with E-state index in [9.17, 15) is 9.59 Å². The van der Waals surface area contributed by atoms with Crippen LogP contribution in [0.15, 0.2) is 12.1 Å². The van der Waals surface area contributed by atoms with Crippen LogP contribution in [0.3, 0.4) is 0 Å². The van der Waals surface area contributed by atoms with Crippen LogP contribution in [0.25, 0.3) is 10.9 Å². The number of nitrogens with two attached hydrogens (primary N) is 1. The number of aromatic amines is 1. The lowest BCUT2D eigenvalue weighted by atomic mass is 9.79. The average molecular weight is 424 g/mol. The number of carbonyl (C=O) groups is 2. The van der Waals surface area contributed by atoms with Crippen molar-refractivity contribution in [3.05, 3.63) is 34.5 Å². The summed E-state index contributed by atoms with van der Waals surface area (Å²) < 4.78 is 5.40. The minimum atomic E-state index is -0.396. The highest BCUT2D eigenvalue weighted by atomic mass is 16.5. The first-order valence-electron chi connectivity index (χ1n) is 12.0. The number of hydrogen-bond donors (Lipinski definition) is 3. The summed E-state index contributed by atoms with van der Waals surface area (Å²) in [5, 5.41) is 4.45. The van der Waals surface area contributed by atoms with Crippen LogP contribution in [0, 0.1) is 5.92 Å². The molecule has 0 spiro atoms. The van der Waals surface area contributed by atoms with Crippen LogP contribution >= 0.6 is 0 Å². The first kappa shape index (κ1) is 20.6. The lowest BCUT2D eigenvalue weighted by Crippen LogP contribution is -2.43. The number of aryl methyl sites for hydroxylation is 1. The number of H-pyrrole nitrogens is 1. The summed E-state index contributed by atoms with van der Waals surface area (Å²) in [6.45, 7) is 1.45. The van der Waals surface area contributed by atoms with E-state index in [-0.39, 0.29) is 17.9 Å². The molecule has 5 rings (SSSR count). The molecule has 2 fully saturated rings. The first-order chi connectivity index (χ1) is 15.1. The third-order valence-electron chi connectivity index (χ3n) is 7.62. The molecule has 1 atom stereocenters. The first-order valence-corrected chi connectivity index (χ1v) is 12.0. The smallest absolute Gasteiger partial charge is 0.250 e. The molecule has 1 aliphatic heterocycles. The van der Waals surface area contributed by atoms with Crippen molar-refractivity contribution in [2.24, 2.45) is 11.7 Å². The van der Waals surface area contributed by atoms with E-state index < -0.39 is 5.91 Å². The van der Waals surface area contributed by atoms with Gasteiger partial charge in [0.1, 0.15) is 0 Å². The van der Waals surface area contributed by atoms with Gasteiger partial charge in [-0.1, -0.05) is 25.3 Å². The molecule has 6 heteroatoms. The summed E-state index contributed by atoms with van der Waals surface area (Å²) in [4.78, 5) is 28.6. The van der Waals surface area contributed by atoms with Crippen molar-refractivity contribution in [2.75, 3.05) is 13.2 Å². The van der Waals surface area contributed by atoms with Gasteiger partial charge < -0.3 is 20.8 Å². The van der Waals surface area contributed by atoms with Crippen molar-refractivity contribution in [2.45, 2.75) is 76.2 Å². The molecule has 3 aliphatic rings. The molecule has 1 aromatic heterocycles. The van der Waals surface area contributed by atoms with Gasteiger partial charge in [0.15, 0.2) is 0 Å². The Hall–Kier alpha value is -2.34. The van der Waals surface area contributed by atoms with E-state index in [2.05, 4.69) is 16.4 Å². The largest absolute Gasteiger partial charge is 0.381 e. The van der Waals surface area contributed by atoms with Gasteiger partial charge in [-0.3, -0.25) is 9.59 Å². The van der Waals surface area contributed by atoms with E-state index in [1.165, 1.54) is 48.6 Å². The fraction of sp³-hybridized carbons (Fsp3) is 0.600. The van der Waals surface area contributed by atoms with E-state index in [0.717, 1.165) is 50.1 Å². The molecule has 1 unspecified atom stereocenters. The standard InChI is InChI=1S/C25H33N3O3/c26-24(29)20-9-8-18(15-4-2-1-3-5-15)22-19-7-6-16(14-21(19)28-23(20)22)25(30)27-17-10-12-31-13-11-17/h8-9,15-17,28H,1-7,10-14H2,(H2,26,29)(H,27,30). The van der Waals surface area contributed by atoms with Gasteiger partial charge in [0.2, 0.25) is 5.91 Å². The lowest BCUT2D eigenvalue weighted by molar-refractivity contribution is -0.126. The third-order valence-corrected chi connectivity index (χ3v) is 7.62. The maximum absolute atomic E-state index is 12.9. The molecule has 0 radical (unpaired) electrons. The Morgan fingerprint density at radius 3 is 2.55 bits per heavy atom. The van der Waals surface area contributed by atoms with E-state index >= 15 is 0 Å². The van der Waals surface area contributed by atoms with Crippen LogP contribution in [0.4, 0.5) is 0 Å². The number of hydrogen-bond acceptors (Lipinski definition) is 3. The zero-order valence-electron chi connectivity index (χ0n) is 18.2. The Bertz CT molecular complexity index is 984. The minimum absolute atomic E-state index is 0.0291. The number of fused-ring (bicyclic) bond motifs is 3. The summed E-state index contributed by atoms with van der Waals surface area (Å²) in [6.07, 6.45) is 10.5. The number of benzene rings is 1. The molecule has 2 aliphatic carbocycles. The molecule has 2 heterocycles. The van der Waals surface area contributed by atoms with Crippen LogP contribution in [0.1, 0.15) is 84.5 Å². The number of amides is 2. The molecule has 1 aromatic carbocycles. The van der Waals surface area contributed by atoms with Gasteiger partial charge in [-0.15, -0.1) is 0 Å². The molecule has 1 saturated heterocycles. The molecule has 1 saturated carbocycles. The molecule has 2 amide bonds. The summed E-state index contributed by atoms with van der Waals surface area (Å²) in [7, 11) is 0. The number of primary amides is 1. The summed E-state index contributed by atoms with van der Waals surface area (Å²) in [5.41, 5.74) is 10.9. The fourth-order valence-electron chi connectivity index (χ4n) is 5.91. The van der Waals surface area contributed by atoms with Crippen molar-refractivity contribution in [1.29, 1.82) is 0 Å².